The highest BCUT2D eigenvalue weighted by Crippen LogP contribution is 2.34. The number of fused-ring (bicyclic) bond motifs is 2. The van der Waals surface area contributed by atoms with Crippen LogP contribution < -0.4 is 15.6 Å². The number of aromatic nitrogens is 2. The van der Waals surface area contributed by atoms with Gasteiger partial charge < -0.3 is 10.1 Å². The monoisotopic (exact) mass is 433 g/mol. The number of thiophene rings is 1. The summed E-state index contributed by atoms with van der Waals surface area (Å²) in [5, 5.41) is 5.49. The van der Waals surface area contributed by atoms with Gasteiger partial charge in [0.15, 0.2) is 0 Å². The lowest BCUT2D eigenvalue weighted by molar-refractivity contribution is -0.122. The Kier molecular flexibility index (Phi) is 4.78. The molecule has 0 fully saturated rings. The van der Waals surface area contributed by atoms with Crippen LogP contribution in [0, 0.1) is 0 Å². The first-order valence-electron chi connectivity index (χ1n) is 8.26. The van der Waals surface area contributed by atoms with E-state index in [2.05, 4.69) is 26.2 Å². The lowest BCUT2D eigenvalue weighted by Crippen LogP contribution is -2.33. The molecule has 1 aliphatic heterocycles. The van der Waals surface area contributed by atoms with Crippen LogP contribution in [0.3, 0.4) is 0 Å². The molecule has 3 heterocycles. The highest BCUT2D eigenvalue weighted by Gasteiger charge is 2.23. The summed E-state index contributed by atoms with van der Waals surface area (Å²) < 4.78 is 8.08. The van der Waals surface area contributed by atoms with Crippen LogP contribution in [0.1, 0.15) is 24.4 Å². The second-order valence-corrected chi connectivity index (χ2v) is 7.88. The summed E-state index contributed by atoms with van der Waals surface area (Å²) in [5.74, 6) is 0.702. The number of nitrogens with zero attached hydrogens (tertiary/aromatic N) is 2. The third-order valence-electron chi connectivity index (χ3n) is 4.38. The molecule has 4 rings (SSSR count). The van der Waals surface area contributed by atoms with Crippen molar-refractivity contribution in [2.45, 2.75) is 25.4 Å². The minimum atomic E-state index is -0.107. The molecule has 1 aliphatic rings. The van der Waals surface area contributed by atoms with Gasteiger partial charge in [0.05, 0.1) is 24.4 Å². The molecular formula is C18H16BrN3O3S. The highest BCUT2D eigenvalue weighted by molar-refractivity contribution is 9.10. The van der Waals surface area contributed by atoms with Crippen molar-refractivity contribution >= 4 is 43.4 Å². The van der Waals surface area contributed by atoms with Crippen LogP contribution in [-0.2, 0) is 11.3 Å². The molecule has 1 atom stereocenters. The summed E-state index contributed by atoms with van der Waals surface area (Å²) in [6.45, 7) is 0.871. The van der Waals surface area contributed by atoms with Crippen LogP contribution in [0.2, 0.25) is 0 Å². The average molecular weight is 434 g/mol. The minimum Gasteiger partial charge on any atom is -0.493 e. The van der Waals surface area contributed by atoms with Gasteiger partial charge in [0.25, 0.3) is 5.56 Å². The molecule has 6 nitrogen and oxygen atoms in total. The molecule has 1 N–H and O–H groups in total. The number of ether oxygens (including phenoxy) is 1. The van der Waals surface area contributed by atoms with Gasteiger partial charge >= 0.3 is 0 Å². The lowest BCUT2D eigenvalue weighted by atomic mass is 10.0. The molecule has 26 heavy (non-hydrogen) atoms. The molecule has 134 valence electrons. The number of rotatable bonds is 4. The number of carbonyl (C=O) groups excluding carboxylic acids is 1. The molecule has 0 saturated heterocycles. The summed E-state index contributed by atoms with van der Waals surface area (Å²) >= 11 is 4.89. The van der Waals surface area contributed by atoms with Crippen LogP contribution in [0.4, 0.5) is 0 Å². The maximum Gasteiger partial charge on any atom is 0.262 e. The summed E-state index contributed by atoms with van der Waals surface area (Å²) in [6, 6.07) is 7.47. The Balaban J connectivity index is 1.44. The predicted molar refractivity (Wildman–Crippen MR) is 104 cm³/mol. The average Bonchev–Trinajstić information content (AvgIpc) is 3.11. The number of amides is 1. The van der Waals surface area contributed by atoms with Crippen molar-refractivity contribution in [1.82, 2.24) is 14.9 Å². The van der Waals surface area contributed by atoms with Crippen LogP contribution in [-0.4, -0.2) is 22.1 Å². The Morgan fingerprint density at radius 2 is 2.31 bits per heavy atom. The molecule has 1 aromatic carbocycles. The Morgan fingerprint density at radius 3 is 3.19 bits per heavy atom. The zero-order valence-electron chi connectivity index (χ0n) is 13.8. The van der Waals surface area contributed by atoms with E-state index in [1.807, 2.05) is 23.6 Å². The van der Waals surface area contributed by atoms with Crippen LogP contribution in [0.25, 0.3) is 10.2 Å². The van der Waals surface area contributed by atoms with Gasteiger partial charge in [-0.25, -0.2) is 4.98 Å². The third kappa shape index (κ3) is 3.39. The van der Waals surface area contributed by atoms with E-state index < -0.39 is 0 Å². The molecule has 1 amide bonds. The molecule has 3 aromatic rings. The van der Waals surface area contributed by atoms with Gasteiger partial charge in [0.1, 0.15) is 10.6 Å². The maximum absolute atomic E-state index is 12.4. The van der Waals surface area contributed by atoms with Crippen molar-refractivity contribution in [3.8, 4) is 5.75 Å². The zero-order chi connectivity index (χ0) is 18.1. The molecule has 0 aliphatic carbocycles. The smallest absolute Gasteiger partial charge is 0.262 e. The van der Waals surface area contributed by atoms with Gasteiger partial charge in [0.2, 0.25) is 5.91 Å². The summed E-state index contributed by atoms with van der Waals surface area (Å²) in [6.07, 6.45) is 2.45. The van der Waals surface area contributed by atoms with Crippen molar-refractivity contribution in [1.29, 1.82) is 0 Å². The number of hydrogen-bond donors (Lipinski definition) is 1. The number of carbonyl (C=O) groups is 1. The molecule has 0 radical (unpaired) electrons. The van der Waals surface area contributed by atoms with Crippen molar-refractivity contribution in [2.24, 2.45) is 0 Å². The second-order valence-electron chi connectivity index (χ2n) is 6.07. The number of aryl methyl sites for hydroxylation is 1. The highest BCUT2D eigenvalue weighted by atomic mass is 79.9. The second kappa shape index (κ2) is 7.20. The molecule has 1 unspecified atom stereocenters. The topological polar surface area (TPSA) is 73.2 Å². The fraction of sp³-hybridized carbons (Fsp3) is 0.278. The summed E-state index contributed by atoms with van der Waals surface area (Å²) in [5.41, 5.74) is 0.863. The van der Waals surface area contributed by atoms with E-state index in [9.17, 15) is 9.59 Å². The van der Waals surface area contributed by atoms with Gasteiger partial charge in [-0.15, -0.1) is 11.3 Å². The van der Waals surface area contributed by atoms with Crippen LogP contribution in [0.15, 0.2) is 45.2 Å². The number of nitrogens with one attached hydrogen (secondary N) is 1. The van der Waals surface area contributed by atoms with Crippen molar-refractivity contribution < 1.29 is 9.53 Å². The quantitative estimate of drug-likeness (QED) is 0.685. The van der Waals surface area contributed by atoms with Gasteiger partial charge in [0, 0.05) is 29.4 Å². The van der Waals surface area contributed by atoms with Crippen molar-refractivity contribution in [2.75, 3.05) is 6.61 Å². The van der Waals surface area contributed by atoms with E-state index in [0.717, 1.165) is 27.0 Å². The first kappa shape index (κ1) is 17.2. The first-order chi connectivity index (χ1) is 12.6. The van der Waals surface area contributed by atoms with Crippen LogP contribution in [0.5, 0.6) is 5.75 Å². The zero-order valence-corrected chi connectivity index (χ0v) is 16.2. The fourth-order valence-electron chi connectivity index (χ4n) is 3.06. The van der Waals surface area contributed by atoms with E-state index in [4.69, 9.17) is 4.74 Å². The lowest BCUT2D eigenvalue weighted by Gasteiger charge is -2.27. The molecule has 8 heteroatoms. The van der Waals surface area contributed by atoms with Crippen LogP contribution >= 0.6 is 27.3 Å². The van der Waals surface area contributed by atoms with E-state index in [1.54, 1.807) is 6.07 Å². The molecule has 0 saturated carbocycles. The van der Waals surface area contributed by atoms with E-state index in [-0.39, 0.29) is 23.9 Å². The molecular weight excluding hydrogens is 418 g/mol. The number of halogens is 1. The predicted octanol–water partition coefficient (Wildman–Crippen LogP) is 3.25. The van der Waals surface area contributed by atoms with Gasteiger partial charge in [-0.1, -0.05) is 15.9 Å². The molecule has 2 aromatic heterocycles. The Bertz CT molecular complexity index is 1030. The van der Waals surface area contributed by atoms with E-state index in [1.165, 1.54) is 22.2 Å². The first-order valence-corrected chi connectivity index (χ1v) is 9.93. The van der Waals surface area contributed by atoms with E-state index >= 15 is 0 Å². The molecule has 0 spiro atoms. The SMILES string of the molecule is O=C(CCn1cnc2sccc2c1=O)NC1CCOc2ccc(Br)cc21. The van der Waals surface area contributed by atoms with E-state index in [0.29, 0.717) is 18.5 Å². The Hall–Kier alpha value is -2.19. The molecule has 0 bridgehead atoms. The van der Waals surface area contributed by atoms with Crippen molar-refractivity contribution in [3.63, 3.8) is 0 Å². The largest absolute Gasteiger partial charge is 0.493 e. The summed E-state index contributed by atoms with van der Waals surface area (Å²) in [4.78, 5) is 29.8. The fourth-order valence-corrected chi connectivity index (χ4v) is 4.16. The minimum absolute atomic E-state index is 0.0852. The third-order valence-corrected chi connectivity index (χ3v) is 5.69. The Morgan fingerprint density at radius 1 is 1.42 bits per heavy atom. The standard InChI is InChI=1S/C18H16BrN3O3S/c19-11-1-2-15-13(9-11)14(4-7-25-15)21-16(23)3-6-22-10-20-17-12(18(22)24)5-8-26-17/h1-2,5,8-10,14H,3-4,6-7H2,(H,21,23). The Labute approximate surface area is 161 Å². The number of benzene rings is 1. The van der Waals surface area contributed by atoms with Crippen molar-refractivity contribution in [3.05, 3.63) is 56.4 Å². The normalized spacial score (nSPS) is 16.1. The van der Waals surface area contributed by atoms with Gasteiger partial charge in [-0.05, 0) is 29.6 Å². The van der Waals surface area contributed by atoms with Gasteiger partial charge in [-0.2, -0.15) is 0 Å². The van der Waals surface area contributed by atoms with Gasteiger partial charge in [-0.3, -0.25) is 14.2 Å². The maximum atomic E-state index is 12.4. The summed E-state index contributed by atoms with van der Waals surface area (Å²) in [7, 11) is 0. The number of hydrogen-bond acceptors (Lipinski definition) is 5.